The van der Waals surface area contributed by atoms with Crippen molar-refractivity contribution in [2.75, 3.05) is 13.2 Å². The van der Waals surface area contributed by atoms with Crippen LogP contribution in [-0.4, -0.2) is 26.7 Å². The summed E-state index contributed by atoms with van der Waals surface area (Å²) in [5, 5.41) is 9.22. The topological polar surface area (TPSA) is 66.4 Å². The number of fused-ring (bicyclic) bond motifs is 1. The molecule has 1 saturated carbocycles. The minimum Gasteiger partial charge on any atom is -0.396 e. The lowest BCUT2D eigenvalue weighted by Crippen LogP contribution is -2.32. The highest BCUT2D eigenvalue weighted by atomic mass is 32.2. The van der Waals surface area contributed by atoms with Gasteiger partial charge in [-0.2, -0.15) is 0 Å². The zero-order chi connectivity index (χ0) is 13.5. The van der Waals surface area contributed by atoms with Crippen LogP contribution < -0.4 is 4.72 Å². The summed E-state index contributed by atoms with van der Waals surface area (Å²) in [6, 6.07) is 5.41. The summed E-state index contributed by atoms with van der Waals surface area (Å²) in [5.41, 5.74) is 2.23. The Kier molecular flexibility index (Phi) is 3.15. The average Bonchev–Trinajstić information content (AvgIpc) is 3.05. The molecule has 0 atom stereocenters. The lowest BCUT2D eigenvalue weighted by atomic mass is 10.1. The van der Waals surface area contributed by atoms with Crippen LogP contribution in [0.2, 0.25) is 0 Å². The molecule has 3 rings (SSSR count). The summed E-state index contributed by atoms with van der Waals surface area (Å²) in [7, 11) is -3.45. The number of aliphatic hydroxyl groups is 1. The van der Waals surface area contributed by atoms with Gasteiger partial charge in [-0.3, -0.25) is 0 Å². The molecule has 0 saturated heterocycles. The molecule has 2 aliphatic carbocycles. The van der Waals surface area contributed by atoms with Crippen molar-refractivity contribution in [3.05, 3.63) is 29.3 Å². The Morgan fingerprint density at radius 1 is 1.21 bits per heavy atom. The first kappa shape index (κ1) is 13.1. The second-order valence-electron chi connectivity index (χ2n) is 5.77. The largest absolute Gasteiger partial charge is 0.396 e. The van der Waals surface area contributed by atoms with Crippen LogP contribution in [0.4, 0.5) is 0 Å². The van der Waals surface area contributed by atoms with Crippen molar-refractivity contribution in [1.29, 1.82) is 0 Å². The van der Waals surface area contributed by atoms with Crippen molar-refractivity contribution < 1.29 is 13.5 Å². The van der Waals surface area contributed by atoms with Crippen molar-refractivity contribution in [2.45, 2.75) is 37.0 Å². The van der Waals surface area contributed by atoms with Crippen LogP contribution in [0.1, 0.15) is 30.4 Å². The molecule has 0 amide bonds. The van der Waals surface area contributed by atoms with Gasteiger partial charge in [-0.25, -0.2) is 13.1 Å². The van der Waals surface area contributed by atoms with Gasteiger partial charge in [0.2, 0.25) is 10.0 Å². The van der Waals surface area contributed by atoms with Crippen LogP contribution in [0.3, 0.4) is 0 Å². The minimum absolute atomic E-state index is 0.0553. The Bertz CT molecular complexity index is 591. The summed E-state index contributed by atoms with van der Waals surface area (Å²) >= 11 is 0. The molecule has 19 heavy (non-hydrogen) atoms. The maximum Gasteiger partial charge on any atom is 0.240 e. The number of hydrogen-bond donors (Lipinski definition) is 2. The van der Waals surface area contributed by atoms with E-state index in [1.165, 1.54) is 5.56 Å². The lowest BCUT2D eigenvalue weighted by molar-refractivity contribution is 0.213. The smallest absolute Gasteiger partial charge is 0.240 e. The highest BCUT2D eigenvalue weighted by Gasteiger charge is 2.42. The van der Waals surface area contributed by atoms with Crippen LogP contribution in [0.5, 0.6) is 0 Å². The molecular formula is C14H19NO3S. The number of sulfonamides is 1. The fourth-order valence-electron chi connectivity index (χ4n) is 2.61. The fraction of sp³-hybridized carbons (Fsp3) is 0.571. The number of benzene rings is 1. The summed E-state index contributed by atoms with van der Waals surface area (Å²) < 4.78 is 27.1. The van der Waals surface area contributed by atoms with Crippen LogP contribution in [0.25, 0.3) is 0 Å². The highest BCUT2D eigenvalue weighted by Crippen LogP contribution is 2.44. The van der Waals surface area contributed by atoms with Gasteiger partial charge in [0.25, 0.3) is 0 Å². The summed E-state index contributed by atoms with van der Waals surface area (Å²) in [4.78, 5) is 0.349. The van der Waals surface area contributed by atoms with Gasteiger partial charge in [0.05, 0.1) is 4.90 Å². The lowest BCUT2D eigenvalue weighted by Gasteiger charge is -2.13. The first-order valence-electron chi connectivity index (χ1n) is 6.77. The summed E-state index contributed by atoms with van der Waals surface area (Å²) in [6.07, 6.45) is 4.93. The van der Waals surface area contributed by atoms with E-state index in [1.807, 2.05) is 6.07 Å². The Balaban J connectivity index is 1.76. The highest BCUT2D eigenvalue weighted by molar-refractivity contribution is 7.89. The van der Waals surface area contributed by atoms with Crippen LogP contribution >= 0.6 is 0 Å². The van der Waals surface area contributed by atoms with E-state index in [-0.39, 0.29) is 12.0 Å². The second kappa shape index (κ2) is 4.58. The molecule has 1 aromatic carbocycles. The molecule has 0 radical (unpaired) electrons. The first-order valence-corrected chi connectivity index (χ1v) is 8.25. The van der Waals surface area contributed by atoms with Crippen molar-refractivity contribution in [2.24, 2.45) is 5.41 Å². The molecule has 2 N–H and O–H groups in total. The van der Waals surface area contributed by atoms with Gasteiger partial charge in [0.15, 0.2) is 0 Å². The fourth-order valence-corrected chi connectivity index (χ4v) is 3.82. The summed E-state index contributed by atoms with van der Waals surface area (Å²) in [5.74, 6) is 0. The maximum absolute atomic E-state index is 12.2. The Morgan fingerprint density at radius 2 is 1.95 bits per heavy atom. The van der Waals surface area contributed by atoms with E-state index in [0.29, 0.717) is 11.4 Å². The molecule has 0 bridgehead atoms. The van der Waals surface area contributed by atoms with Crippen molar-refractivity contribution in [3.63, 3.8) is 0 Å². The van der Waals surface area contributed by atoms with E-state index in [4.69, 9.17) is 0 Å². The SMILES string of the molecule is O=S(=O)(NCC1(CO)CC1)c1ccc2c(c1)CCC2. The van der Waals surface area contributed by atoms with Crippen molar-refractivity contribution in [3.8, 4) is 0 Å². The first-order chi connectivity index (χ1) is 9.05. The molecule has 0 aliphatic heterocycles. The van der Waals surface area contributed by atoms with Gasteiger partial charge >= 0.3 is 0 Å². The van der Waals surface area contributed by atoms with Gasteiger partial charge in [-0.1, -0.05) is 6.07 Å². The van der Waals surface area contributed by atoms with Gasteiger partial charge in [0.1, 0.15) is 0 Å². The third-order valence-corrected chi connectivity index (χ3v) is 5.71. The van der Waals surface area contributed by atoms with E-state index in [0.717, 1.165) is 37.7 Å². The molecule has 0 heterocycles. The summed E-state index contributed by atoms with van der Waals surface area (Å²) in [6.45, 7) is 0.391. The molecule has 5 heteroatoms. The molecule has 0 unspecified atom stereocenters. The Hall–Kier alpha value is -0.910. The van der Waals surface area contributed by atoms with Crippen LogP contribution in [0.15, 0.2) is 23.1 Å². The van der Waals surface area contributed by atoms with E-state index >= 15 is 0 Å². The van der Waals surface area contributed by atoms with Gasteiger partial charge < -0.3 is 5.11 Å². The molecular weight excluding hydrogens is 262 g/mol. The molecule has 0 aromatic heterocycles. The number of aliphatic hydroxyl groups excluding tert-OH is 1. The Morgan fingerprint density at radius 3 is 2.63 bits per heavy atom. The third kappa shape index (κ3) is 2.55. The third-order valence-electron chi connectivity index (χ3n) is 4.31. The van der Waals surface area contributed by atoms with Gasteiger partial charge in [-0.15, -0.1) is 0 Å². The average molecular weight is 281 g/mol. The van der Waals surface area contributed by atoms with Gasteiger partial charge in [0, 0.05) is 18.6 Å². The number of rotatable bonds is 5. The van der Waals surface area contributed by atoms with Crippen molar-refractivity contribution in [1.82, 2.24) is 4.72 Å². The van der Waals surface area contributed by atoms with Crippen molar-refractivity contribution >= 4 is 10.0 Å². The molecule has 1 aromatic rings. The standard InChI is InChI=1S/C14H19NO3S/c16-10-14(6-7-14)9-15-19(17,18)13-5-4-11-2-1-3-12(11)8-13/h4-5,8,15-16H,1-3,6-7,9-10H2. The normalized spacial score (nSPS) is 20.3. The molecule has 0 spiro atoms. The van der Waals surface area contributed by atoms with E-state index in [1.54, 1.807) is 12.1 Å². The second-order valence-corrected chi connectivity index (χ2v) is 7.53. The van der Waals surface area contributed by atoms with Gasteiger partial charge in [-0.05, 0) is 55.4 Å². The minimum atomic E-state index is -3.45. The number of aryl methyl sites for hydroxylation is 2. The molecule has 4 nitrogen and oxygen atoms in total. The van der Waals surface area contributed by atoms with Crippen LogP contribution in [-0.2, 0) is 22.9 Å². The molecule has 1 fully saturated rings. The number of hydrogen-bond acceptors (Lipinski definition) is 3. The monoisotopic (exact) mass is 281 g/mol. The quantitative estimate of drug-likeness (QED) is 0.853. The molecule has 2 aliphatic rings. The van der Waals surface area contributed by atoms with Crippen LogP contribution in [0, 0.1) is 5.41 Å². The molecule has 104 valence electrons. The van der Waals surface area contributed by atoms with E-state index < -0.39 is 10.0 Å². The zero-order valence-corrected chi connectivity index (χ0v) is 11.7. The Labute approximate surface area is 113 Å². The number of nitrogens with one attached hydrogen (secondary N) is 1. The maximum atomic E-state index is 12.2. The van der Waals surface area contributed by atoms with E-state index in [2.05, 4.69) is 4.72 Å². The zero-order valence-electron chi connectivity index (χ0n) is 10.9. The predicted molar refractivity (Wildman–Crippen MR) is 72.4 cm³/mol. The predicted octanol–water partition coefficient (Wildman–Crippen LogP) is 1.23. The van der Waals surface area contributed by atoms with E-state index in [9.17, 15) is 13.5 Å².